The van der Waals surface area contributed by atoms with Gasteiger partial charge in [-0.25, -0.2) is 0 Å². The predicted molar refractivity (Wildman–Crippen MR) is 70.0 cm³/mol. The lowest BCUT2D eigenvalue weighted by Gasteiger charge is -2.20. The van der Waals surface area contributed by atoms with E-state index in [4.69, 9.17) is 4.74 Å². The normalized spacial score (nSPS) is 12.7. The van der Waals surface area contributed by atoms with Crippen molar-refractivity contribution >= 4 is 5.97 Å². The number of rotatable bonds is 7. The fourth-order valence-corrected chi connectivity index (χ4v) is 1.72. The Hall–Kier alpha value is -1.36. The molecule has 1 atom stereocenters. The molecule has 0 aliphatic carbocycles. The number of nitrogens with one attached hydrogen (secondary N) is 1. The summed E-state index contributed by atoms with van der Waals surface area (Å²) < 4.78 is 6.92. The summed E-state index contributed by atoms with van der Waals surface area (Å²) in [7, 11) is 0. The summed E-state index contributed by atoms with van der Waals surface area (Å²) in [5.41, 5.74) is 1.08. The number of carbonyl (C=O) groups is 1. The van der Waals surface area contributed by atoms with Gasteiger partial charge in [-0.1, -0.05) is 13.8 Å². The summed E-state index contributed by atoms with van der Waals surface area (Å²) in [6, 6.07) is -0.269. The van der Waals surface area contributed by atoms with Crippen LogP contribution >= 0.6 is 0 Å². The van der Waals surface area contributed by atoms with E-state index in [0.29, 0.717) is 13.2 Å². The Balaban J connectivity index is 2.54. The Bertz CT molecular complexity index is 374. The van der Waals surface area contributed by atoms with E-state index in [1.165, 1.54) is 0 Å². The summed E-state index contributed by atoms with van der Waals surface area (Å²) >= 11 is 0. The summed E-state index contributed by atoms with van der Waals surface area (Å²) in [4.78, 5) is 11.8. The minimum atomic E-state index is -0.269. The van der Waals surface area contributed by atoms with E-state index in [9.17, 15) is 4.79 Å². The van der Waals surface area contributed by atoms with Crippen LogP contribution in [0.2, 0.25) is 0 Å². The van der Waals surface area contributed by atoms with Gasteiger partial charge in [-0.05, 0) is 19.8 Å². The number of carbonyl (C=O) groups excluding carboxylic acids is 1. The molecule has 0 saturated heterocycles. The molecule has 0 amide bonds. The van der Waals surface area contributed by atoms with Crippen LogP contribution in [0.4, 0.5) is 0 Å². The zero-order valence-corrected chi connectivity index (χ0v) is 11.6. The molecule has 1 aromatic rings. The van der Waals surface area contributed by atoms with E-state index in [0.717, 1.165) is 12.1 Å². The summed E-state index contributed by atoms with van der Waals surface area (Å²) in [6.07, 6.45) is 3.80. The molecule has 1 N–H and O–H groups in total. The van der Waals surface area contributed by atoms with Crippen LogP contribution < -0.4 is 5.32 Å². The first kappa shape index (κ1) is 14.7. The Morgan fingerprint density at radius 1 is 1.50 bits per heavy atom. The number of hydrogen-bond acceptors (Lipinski definition) is 4. The molecule has 0 aromatic carbocycles. The van der Waals surface area contributed by atoms with Crippen molar-refractivity contribution < 1.29 is 9.53 Å². The van der Waals surface area contributed by atoms with Crippen LogP contribution in [-0.4, -0.2) is 28.4 Å². The number of nitrogens with zero attached hydrogens (tertiary/aromatic N) is 2. The lowest BCUT2D eigenvalue weighted by molar-refractivity contribution is -0.146. The average molecular weight is 253 g/mol. The maximum atomic E-state index is 11.8. The monoisotopic (exact) mass is 253 g/mol. The van der Waals surface area contributed by atoms with Crippen LogP contribution in [0, 0.1) is 5.92 Å². The first-order valence-electron chi connectivity index (χ1n) is 6.49. The Morgan fingerprint density at radius 2 is 2.22 bits per heavy atom. The van der Waals surface area contributed by atoms with Gasteiger partial charge in [0.1, 0.15) is 6.04 Å². The Kier molecular flexibility index (Phi) is 5.85. The fraction of sp³-hybridized carbons (Fsp3) is 0.692. The van der Waals surface area contributed by atoms with E-state index < -0.39 is 0 Å². The van der Waals surface area contributed by atoms with Crippen LogP contribution in [0.25, 0.3) is 0 Å². The maximum Gasteiger partial charge on any atom is 0.323 e. The number of hydrogen-bond donors (Lipinski definition) is 1. The first-order chi connectivity index (χ1) is 8.58. The lowest BCUT2D eigenvalue weighted by atomic mass is 10.0. The second-order valence-corrected chi connectivity index (χ2v) is 4.56. The van der Waals surface area contributed by atoms with Gasteiger partial charge in [0.25, 0.3) is 0 Å². The SMILES string of the molecule is CCOC(=O)[C@@H](NCc1cnn(CC)c1)C(C)C. The summed E-state index contributed by atoms with van der Waals surface area (Å²) in [5, 5.41) is 7.43. The van der Waals surface area contributed by atoms with Gasteiger partial charge in [-0.3, -0.25) is 14.8 Å². The van der Waals surface area contributed by atoms with Gasteiger partial charge >= 0.3 is 5.97 Å². The molecule has 5 heteroatoms. The molecule has 0 aliphatic heterocycles. The number of ether oxygens (including phenoxy) is 1. The highest BCUT2D eigenvalue weighted by molar-refractivity contribution is 5.76. The largest absolute Gasteiger partial charge is 0.465 e. The maximum absolute atomic E-state index is 11.8. The number of esters is 1. The van der Waals surface area contributed by atoms with Crippen molar-refractivity contribution in [3.63, 3.8) is 0 Å². The molecule has 0 saturated carbocycles. The van der Waals surface area contributed by atoms with Crippen molar-refractivity contribution in [1.29, 1.82) is 0 Å². The molecule has 0 aliphatic rings. The molecule has 0 bridgehead atoms. The standard InChI is InChI=1S/C13H23N3O2/c1-5-16-9-11(8-15-16)7-14-12(10(3)4)13(17)18-6-2/h8-10,12,14H,5-7H2,1-4H3/t12-/m0/s1. The van der Waals surface area contributed by atoms with Gasteiger partial charge in [0.05, 0.1) is 12.8 Å². The van der Waals surface area contributed by atoms with E-state index in [2.05, 4.69) is 10.4 Å². The van der Waals surface area contributed by atoms with E-state index in [-0.39, 0.29) is 17.9 Å². The molecule has 0 fully saturated rings. The third kappa shape index (κ3) is 4.14. The smallest absolute Gasteiger partial charge is 0.323 e. The van der Waals surface area contributed by atoms with Crippen molar-refractivity contribution in [3.05, 3.63) is 18.0 Å². The van der Waals surface area contributed by atoms with E-state index in [1.54, 1.807) is 0 Å². The minimum Gasteiger partial charge on any atom is -0.465 e. The van der Waals surface area contributed by atoms with Crippen molar-refractivity contribution in [1.82, 2.24) is 15.1 Å². The van der Waals surface area contributed by atoms with Crippen LogP contribution in [0.5, 0.6) is 0 Å². The second kappa shape index (κ2) is 7.16. The highest BCUT2D eigenvalue weighted by Gasteiger charge is 2.22. The van der Waals surface area contributed by atoms with Crippen LogP contribution in [0.3, 0.4) is 0 Å². The highest BCUT2D eigenvalue weighted by atomic mass is 16.5. The quantitative estimate of drug-likeness (QED) is 0.750. The third-order valence-corrected chi connectivity index (χ3v) is 2.74. The Morgan fingerprint density at radius 3 is 2.72 bits per heavy atom. The molecular weight excluding hydrogens is 230 g/mol. The van der Waals surface area contributed by atoms with Crippen molar-refractivity contribution in [3.8, 4) is 0 Å². The highest BCUT2D eigenvalue weighted by Crippen LogP contribution is 2.06. The van der Waals surface area contributed by atoms with Crippen LogP contribution in [0.1, 0.15) is 33.3 Å². The first-order valence-corrected chi connectivity index (χ1v) is 6.49. The molecule has 0 spiro atoms. The molecule has 18 heavy (non-hydrogen) atoms. The third-order valence-electron chi connectivity index (χ3n) is 2.74. The van der Waals surface area contributed by atoms with Gasteiger partial charge in [0, 0.05) is 24.8 Å². The molecular formula is C13H23N3O2. The zero-order chi connectivity index (χ0) is 13.5. The zero-order valence-electron chi connectivity index (χ0n) is 11.6. The van der Waals surface area contributed by atoms with Gasteiger partial charge in [0.2, 0.25) is 0 Å². The van der Waals surface area contributed by atoms with Gasteiger partial charge < -0.3 is 4.74 Å². The number of aryl methyl sites for hydroxylation is 1. The molecule has 1 heterocycles. The van der Waals surface area contributed by atoms with Crippen LogP contribution in [0.15, 0.2) is 12.4 Å². The molecule has 102 valence electrons. The van der Waals surface area contributed by atoms with Gasteiger partial charge in [0.15, 0.2) is 0 Å². The van der Waals surface area contributed by atoms with Gasteiger partial charge in [-0.15, -0.1) is 0 Å². The molecule has 0 unspecified atom stereocenters. The van der Waals surface area contributed by atoms with E-state index >= 15 is 0 Å². The Labute approximate surface area is 109 Å². The predicted octanol–water partition coefficient (Wildman–Crippen LogP) is 1.58. The lowest BCUT2D eigenvalue weighted by Crippen LogP contribution is -2.41. The number of aromatic nitrogens is 2. The van der Waals surface area contributed by atoms with Crippen LogP contribution in [-0.2, 0) is 22.6 Å². The van der Waals surface area contributed by atoms with E-state index in [1.807, 2.05) is 44.8 Å². The average Bonchev–Trinajstić information content (AvgIpc) is 2.77. The minimum absolute atomic E-state index is 0.185. The fourth-order valence-electron chi connectivity index (χ4n) is 1.72. The van der Waals surface area contributed by atoms with Crippen molar-refractivity contribution in [2.75, 3.05) is 6.61 Å². The molecule has 5 nitrogen and oxygen atoms in total. The van der Waals surface area contributed by atoms with Crippen molar-refractivity contribution in [2.24, 2.45) is 5.92 Å². The topological polar surface area (TPSA) is 56.1 Å². The van der Waals surface area contributed by atoms with Crippen molar-refractivity contribution in [2.45, 2.75) is 46.8 Å². The second-order valence-electron chi connectivity index (χ2n) is 4.56. The summed E-state index contributed by atoms with van der Waals surface area (Å²) in [6.45, 7) is 9.76. The molecule has 0 radical (unpaired) electrons. The van der Waals surface area contributed by atoms with Gasteiger partial charge in [-0.2, -0.15) is 5.10 Å². The molecule has 1 rings (SSSR count). The molecule has 1 aromatic heterocycles. The summed E-state index contributed by atoms with van der Waals surface area (Å²) in [5.74, 6) is 0.0145.